The average molecular weight is 390 g/mol. The highest BCUT2D eigenvalue weighted by Crippen LogP contribution is 2.41. The third-order valence-electron chi connectivity index (χ3n) is 5.51. The molecule has 1 amide bonds. The minimum atomic E-state index is -3.32. The standard InChI is InChI=1S/C17H22N6O3S/c1-11-14(12-3-5-19-16-13(12)4-6-20-16)8-21-23(11)17(7-15(18)24)9-22(10-17)27(2,25)26/h3-6,8,11,14H,7,9-10H2,1-2H3,(H2,18,24)(H,19,20). The highest BCUT2D eigenvalue weighted by molar-refractivity contribution is 7.88. The predicted octanol–water partition coefficient (Wildman–Crippen LogP) is 0.226. The third kappa shape index (κ3) is 2.88. The van der Waals surface area contributed by atoms with Crippen molar-refractivity contribution in [3.05, 3.63) is 30.1 Å². The zero-order valence-corrected chi connectivity index (χ0v) is 16.0. The molecule has 0 spiro atoms. The van der Waals surface area contributed by atoms with Crippen LogP contribution in [-0.4, -0.2) is 70.7 Å². The Morgan fingerprint density at radius 2 is 2.15 bits per heavy atom. The SMILES string of the molecule is CC1C(c2ccnc3[nH]ccc23)C=NN1C1(CC(N)=O)CN(S(C)(=O)=O)C1. The maximum Gasteiger partial charge on any atom is 0.219 e. The summed E-state index contributed by atoms with van der Waals surface area (Å²) in [5.74, 6) is -0.464. The summed E-state index contributed by atoms with van der Waals surface area (Å²) in [5.41, 5.74) is 6.66. The van der Waals surface area contributed by atoms with Crippen LogP contribution in [0, 0.1) is 0 Å². The first-order chi connectivity index (χ1) is 12.7. The van der Waals surface area contributed by atoms with Gasteiger partial charge in [-0.3, -0.25) is 9.80 Å². The summed E-state index contributed by atoms with van der Waals surface area (Å²) in [6.45, 7) is 2.45. The molecule has 2 aromatic rings. The van der Waals surface area contributed by atoms with E-state index in [1.807, 2.05) is 36.5 Å². The number of nitrogens with one attached hydrogen (secondary N) is 1. The summed E-state index contributed by atoms with van der Waals surface area (Å²) >= 11 is 0. The minimum absolute atomic E-state index is 0.00309. The van der Waals surface area contributed by atoms with Gasteiger partial charge < -0.3 is 10.7 Å². The number of H-pyrrole nitrogens is 1. The van der Waals surface area contributed by atoms with Crippen LogP contribution in [0.2, 0.25) is 0 Å². The second-order valence-corrected chi connectivity index (χ2v) is 9.40. The number of carbonyl (C=O) groups is 1. The van der Waals surface area contributed by atoms with Gasteiger partial charge in [0.2, 0.25) is 15.9 Å². The molecule has 27 heavy (non-hydrogen) atoms. The van der Waals surface area contributed by atoms with Crippen molar-refractivity contribution in [2.75, 3.05) is 19.3 Å². The molecule has 0 radical (unpaired) electrons. The fourth-order valence-corrected chi connectivity index (χ4v) is 5.15. The number of aromatic amines is 1. The van der Waals surface area contributed by atoms with Crippen LogP contribution >= 0.6 is 0 Å². The predicted molar refractivity (Wildman–Crippen MR) is 102 cm³/mol. The molecule has 3 N–H and O–H groups in total. The van der Waals surface area contributed by atoms with Gasteiger partial charge in [-0.05, 0) is 24.6 Å². The topological polar surface area (TPSA) is 125 Å². The van der Waals surface area contributed by atoms with Gasteiger partial charge in [0.05, 0.1) is 24.3 Å². The Kier molecular flexibility index (Phi) is 4.00. The highest BCUT2D eigenvalue weighted by atomic mass is 32.2. The van der Waals surface area contributed by atoms with Gasteiger partial charge in [-0.25, -0.2) is 13.4 Å². The molecule has 4 rings (SSSR count). The lowest BCUT2D eigenvalue weighted by molar-refractivity contribution is -0.125. The quantitative estimate of drug-likeness (QED) is 0.756. The van der Waals surface area contributed by atoms with Crippen molar-refractivity contribution in [3.63, 3.8) is 0 Å². The summed E-state index contributed by atoms with van der Waals surface area (Å²) in [7, 11) is -3.32. The van der Waals surface area contributed by atoms with Crippen molar-refractivity contribution < 1.29 is 13.2 Å². The number of nitrogens with two attached hydrogens (primary N) is 1. The number of nitrogens with zero attached hydrogens (tertiary/aromatic N) is 4. The van der Waals surface area contributed by atoms with Crippen LogP contribution in [0.5, 0.6) is 0 Å². The van der Waals surface area contributed by atoms with Crippen molar-refractivity contribution in [2.45, 2.75) is 30.8 Å². The zero-order chi connectivity index (χ0) is 19.4. The second-order valence-electron chi connectivity index (χ2n) is 7.41. The summed E-state index contributed by atoms with van der Waals surface area (Å²) in [5, 5.41) is 7.47. The Morgan fingerprint density at radius 3 is 2.81 bits per heavy atom. The molecule has 2 atom stereocenters. The number of hydrazone groups is 1. The van der Waals surface area contributed by atoms with E-state index in [1.54, 1.807) is 6.20 Å². The van der Waals surface area contributed by atoms with Gasteiger partial charge in [0.15, 0.2) is 0 Å². The number of amides is 1. The number of carbonyl (C=O) groups excluding carboxylic acids is 1. The van der Waals surface area contributed by atoms with Gasteiger partial charge >= 0.3 is 0 Å². The number of hydrogen-bond donors (Lipinski definition) is 2. The van der Waals surface area contributed by atoms with Crippen molar-refractivity contribution in [1.82, 2.24) is 19.3 Å². The summed E-state index contributed by atoms with van der Waals surface area (Å²) in [4.78, 5) is 19.1. The first kappa shape index (κ1) is 17.9. The fourth-order valence-electron chi connectivity index (χ4n) is 4.20. The molecule has 0 saturated carbocycles. The number of fused-ring (bicyclic) bond motifs is 1. The number of pyridine rings is 1. The Bertz CT molecular complexity index is 1020. The second kappa shape index (κ2) is 6.03. The molecule has 0 bridgehead atoms. The van der Waals surface area contributed by atoms with E-state index in [4.69, 9.17) is 5.73 Å². The fraction of sp³-hybridized carbons (Fsp3) is 0.471. The van der Waals surface area contributed by atoms with Crippen LogP contribution in [-0.2, 0) is 14.8 Å². The summed E-state index contributed by atoms with van der Waals surface area (Å²) in [6, 6.07) is 3.90. The maximum atomic E-state index is 11.8. The van der Waals surface area contributed by atoms with Gasteiger partial charge in [-0.1, -0.05) is 0 Å². The average Bonchev–Trinajstić information content (AvgIpc) is 3.15. The Balaban J connectivity index is 1.64. The molecule has 1 fully saturated rings. The van der Waals surface area contributed by atoms with Gasteiger partial charge in [0.1, 0.15) is 5.65 Å². The monoisotopic (exact) mass is 390 g/mol. The van der Waals surface area contributed by atoms with E-state index >= 15 is 0 Å². The number of hydrogen-bond acceptors (Lipinski definition) is 6. The van der Waals surface area contributed by atoms with Crippen molar-refractivity contribution in [1.29, 1.82) is 0 Å². The summed E-state index contributed by atoms with van der Waals surface area (Å²) < 4.78 is 25.0. The number of aromatic nitrogens is 2. The zero-order valence-electron chi connectivity index (χ0n) is 15.2. The molecule has 9 nitrogen and oxygen atoms in total. The molecule has 4 heterocycles. The molecule has 2 unspecified atom stereocenters. The van der Waals surface area contributed by atoms with E-state index in [2.05, 4.69) is 15.1 Å². The third-order valence-corrected chi connectivity index (χ3v) is 6.71. The first-order valence-electron chi connectivity index (χ1n) is 8.70. The Hall–Kier alpha value is -2.46. The molecule has 2 aromatic heterocycles. The Morgan fingerprint density at radius 1 is 1.41 bits per heavy atom. The molecule has 2 aliphatic heterocycles. The lowest BCUT2D eigenvalue weighted by atomic mass is 9.84. The molecule has 10 heteroatoms. The van der Waals surface area contributed by atoms with Crippen molar-refractivity contribution in [3.8, 4) is 0 Å². The number of rotatable bonds is 5. The lowest BCUT2D eigenvalue weighted by Crippen LogP contribution is -2.71. The molecule has 144 valence electrons. The van der Waals surface area contributed by atoms with E-state index in [0.29, 0.717) is 0 Å². The first-order valence-corrected chi connectivity index (χ1v) is 10.5. The van der Waals surface area contributed by atoms with E-state index in [0.717, 1.165) is 16.6 Å². The van der Waals surface area contributed by atoms with Gasteiger partial charge in [0, 0.05) is 43.0 Å². The maximum absolute atomic E-state index is 11.8. The van der Waals surface area contributed by atoms with Crippen LogP contribution in [0.1, 0.15) is 24.8 Å². The number of primary amides is 1. The highest BCUT2D eigenvalue weighted by Gasteiger charge is 2.55. The number of sulfonamides is 1. The van der Waals surface area contributed by atoms with Crippen LogP contribution in [0.15, 0.2) is 29.6 Å². The molecular formula is C17H22N6O3S. The van der Waals surface area contributed by atoms with E-state index < -0.39 is 21.5 Å². The summed E-state index contributed by atoms with van der Waals surface area (Å²) in [6.07, 6.45) is 6.69. The molecular weight excluding hydrogens is 368 g/mol. The van der Waals surface area contributed by atoms with Crippen LogP contribution < -0.4 is 5.73 Å². The van der Waals surface area contributed by atoms with E-state index in [-0.39, 0.29) is 31.5 Å². The van der Waals surface area contributed by atoms with Gasteiger partial charge in [-0.15, -0.1) is 0 Å². The molecule has 0 aromatic carbocycles. The van der Waals surface area contributed by atoms with Crippen molar-refractivity contribution in [2.24, 2.45) is 10.8 Å². The minimum Gasteiger partial charge on any atom is -0.370 e. The van der Waals surface area contributed by atoms with Crippen LogP contribution in [0.4, 0.5) is 0 Å². The van der Waals surface area contributed by atoms with Gasteiger partial charge in [-0.2, -0.15) is 9.41 Å². The van der Waals surface area contributed by atoms with Crippen molar-refractivity contribution >= 4 is 33.2 Å². The smallest absolute Gasteiger partial charge is 0.219 e. The molecule has 0 aliphatic carbocycles. The van der Waals surface area contributed by atoms with E-state index in [9.17, 15) is 13.2 Å². The largest absolute Gasteiger partial charge is 0.370 e. The van der Waals surface area contributed by atoms with E-state index in [1.165, 1.54) is 10.6 Å². The molecule has 2 aliphatic rings. The van der Waals surface area contributed by atoms with Gasteiger partial charge in [0.25, 0.3) is 0 Å². The Labute approximate surface area is 157 Å². The van der Waals surface area contributed by atoms with Crippen LogP contribution in [0.3, 0.4) is 0 Å². The lowest BCUT2D eigenvalue weighted by Gasteiger charge is -2.54. The normalized spacial score (nSPS) is 25.0. The van der Waals surface area contributed by atoms with Crippen LogP contribution in [0.25, 0.3) is 11.0 Å². The molecule has 1 saturated heterocycles.